The summed E-state index contributed by atoms with van der Waals surface area (Å²) in [7, 11) is -1.62. The van der Waals surface area contributed by atoms with Crippen molar-refractivity contribution in [1.82, 2.24) is 19.4 Å². The quantitative estimate of drug-likeness (QED) is 0.324. The van der Waals surface area contributed by atoms with E-state index in [0.717, 1.165) is 18.9 Å². The van der Waals surface area contributed by atoms with Crippen LogP contribution in [0.5, 0.6) is 0 Å². The molecule has 1 unspecified atom stereocenters. The Morgan fingerprint density at radius 2 is 1.80 bits per heavy atom. The van der Waals surface area contributed by atoms with E-state index in [1.165, 1.54) is 17.2 Å². The van der Waals surface area contributed by atoms with Crippen molar-refractivity contribution in [1.29, 1.82) is 0 Å². The van der Waals surface area contributed by atoms with E-state index in [9.17, 15) is 31.8 Å². The largest absolute Gasteiger partial charge is 0.471 e. The number of rotatable bonds is 3. The highest BCUT2D eigenvalue weighted by molar-refractivity contribution is 7.84. The number of piperazine rings is 1. The third kappa shape index (κ3) is 3.98. The van der Waals surface area contributed by atoms with Crippen LogP contribution < -0.4 is 15.9 Å². The summed E-state index contributed by atoms with van der Waals surface area (Å²) in [6.07, 6.45) is -2.18. The molecule has 1 aliphatic heterocycles. The third-order valence-electron chi connectivity index (χ3n) is 6.24. The first-order valence-corrected chi connectivity index (χ1v) is 12.3. The molecule has 1 aliphatic carbocycles. The second-order valence-corrected chi connectivity index (χ2v) is 9.85. The van der Waals surface area contributed by atoms with Gasteiger partial charge in [0.05, 0.1) is 22.0 Å². The summed E-state index contributed by atoms with van der Waals surface area (Å²) in [4.78, 5) is 46.1. The van der Waals surface area contributed by atoms with Crippen molar-refractivity contribution in [2.45, 2.75) is 30.2 Å². The molecule has 0 bridgehead atoms. The average Bonchev–Trinajstić information content (AvgIpc) is 3.63. The van der Waals surface area contributed by atoms with Crippen molar-refractivity contribution in [3.05, 3.63) is 38.5 Å². The number of aromatic nitrogens is 3. The molecule has 1 aromatic carbocycles. The van der Waals surface area contributed by atoms with E-state index in [4.69, 9.17) is 0 Å². The van der Waals surface area contributed by atoms with Crippen molar-refractivity contribution < 1.29 is 26.6 Å². The van der Waals surface area contributed by atoms with Gasteiger partial charge in [0.1, 0.15) is 11.2 Å². The van der Waals surface area contributed by atoms with Crippen LogP contribution in [0, 0.1) is 5.82 Å². The van der Waals surface area contributed by atoms with Gasteiger partial charge < -0.3 is 14.4 Å². The lowest BCUT2D eigenvalue weighted by Crippen LogP contribution is -2.52. The Kier molecular flexibility index (Phi) is 5.45. The number of benzene rings is 1. The first-order chi connectivity index (χ1) is 16.5. The van der Waals surface area contributed by atoms with E-state index < -0.39 is 39.7 Å². The minimum Gasteiger partial charge on any atom is -0.366 e. The predicted molar refractivity (Wildman–Crippen MR) is 120 cm³/mol. The van der Waals surface area contributed by atoms with E-state index in [1.54, 1.807) is 4.57 Å². The minimum absolute atomic E-state index is 0.0331. The van der Waals surface area contributed by atoms with Gasteiger partial charge in [-0.15, -0.1) is 0 Å². The molecule has 1 N–H and O–H groups in total. The number of alkyl halides is 3. The van der Waals surface area contributed by atoms with Crippen molar-refractivity contribution in [3.8, 4) is 0 Å². The van der Waals surface area contributed by atoms with Crippen molar-refractivity contribution in [3.63, 3.8) is 0 Å². The summed E-state index contributed by atoms with van der Waals surface area (Å²) in [5.41, 5.74) is -1.05. The van der Waals surface area contributed by atoms with Gasteiger partial charge in [-0.2, -0.15) is 13.2 Å². The van der Waals surface area contributed by atoms with Crippen LogP contribution in [0.2, 0.25) is 0 Å². The molecule has 2 aromatic heterocycles. The summed E-state index contributed by atoms with van der Waals surface area (Å²) in [5, 5.41) is -0.386. The molecule has 35 heavy (non-hydrogen) atoms. The van der Waals surface area contributed by atoms with Crippen LogP contribution >= 0.6 is 0 Å². The lowest BCUT2D eigenvalue weighted by Gasteiger charge is -2.36. The van der Waals surface area contributed by atoms with Gasteiger partial charge in [-0.25, -0.2) is 9.37 Å². The Balaban J connectivity index is 1.64. The zero-order valence-corrected chi connectivity index (χ0v) is 19.1. The first kappa shape index (κ1) is 23.5. The molecule has 9 nitrogen and oxygen atoms in total. The number of aromatic amines is 1. The summed E-state index contributed by atoms with van der Waals surface area (Å²) in [6.45, 7) is -0.568. The second-order valence-electron chi connectivity index (χ2n) is 8.55. The maximum Gasteiger partial charge on any atom is 0.471 e. The lowest BCUT2D eigenvalue weighted by atomic mass is 10.1. The van der Waals surface area contributed by atoms with Gasteiger partial charge in [-0.05, 0) is 25.0 Å². The van der Waals surface area contributed by atoms with Gasteiger partial charge in [0, 0.05) is 43.9 Å². The number of amides is 1. The standard InChI is InChI=1S/C21H19F4N5O4S/c1-35(34)20-26-17-15(18(32)27-20)16(31)11-8-12(22)14(9-13(11)30(17)10-2-3-10)28-4-6-29(7-5-28)19(33)21(23,24)25/h8-10H,2-7H2,1H3,(H,26,27,32). The Morgan fingerprint density at radius 3 is 2.37 bits per heavy atom. The number of hydrogen-bond donors (Lipinski definition) is 1. The number of carbonyl (C=O) groups excluding carboxylic acids is 1. The summed E-state index contributed by atoms with van der Waals surface area (Å²) in [5.74, 6) is -2.71. The van der Waals surface area contributed by atoms with Gasteiger partial charge in [0.25, 0.3) is 5.56 Å². The summed E-state index contributed by atoms with van der Waals surface area (Å²) in [6, 6.07) is 2.34. The number of hydrogen-bond acceptors (Lipinski definition) is 6. The molecule has 0 radical (unpaired) electrons. The normalized spacial score (nSPS) is 17.9. The van der Waals surface area contributed by atoms with Crippen LogP contribution in [0.3, 0.4) is 0 Å². The van der Waals surface area contributed by atoms with Gasteiger partial charge in [0.2, 0.25) is 10.6 Å². The molecule has 1 saturated carbocycles. The first-order valence-electron chi connectivity index (χ1n) is 10.7. The molecule has 0 spiro atoms. The number of halogens is 4. The molecule has 3 heterocycles. The van der Waals surface area contributed by atoms with E-state index >= 15 is 4.39 Å². The number of nitrogens with zero attached hydrogens (tertiary/aromatic N) is 4. The van der Waals surface area contributed by atoms with Crippen LogP contribution in [0.1, 0.15) is 18.9 Å². The van der Waals surface area contributed by atoms with Gasteiger partial charge in [0.15, 0.2) is 5.65 Å². The summed E-state index contributed by atoms with van der Waals surface area (Å²) >= 11 is 0. The predicted octanol–water partition coefficient (Wildman–Crippen LogP) is 1.66. The lowest BCUT2D eigenvalue weighted by molar-refractivity contribution is -0.185. The van der Waals surface area contributed by atoms with Gasteiger partial charge >= 0.3 is 12.1 Å². The van der Waals surface area contributed by atoms with Gasteiger partial charge in [-0.3, -0.25) is 23.6 Å². The molecular formula is C21H19F4N5O4S. The highest BCUT2D eigenvalue weighted by Gasteiger charge is 2.43. The number of fused-ring (bicyclic) bond motifs is 2. The second kappa shape index (κ2) is 8.14. The molecule has 1 atom stereocenters. The van der Waals surface area contributed by atoms with Crippen LogP contribution in [0.4, 0.5) is 23.2 Å². The zero-order chi connectivity index (χ0) is 25.2. The maximum atomic E-state index is 15.2. The van der Waals surface area contributed by atoms with E-state index in [1.807, 2.05) is 0 Å². The number of nitrogens with one attached hydrogen (secondary N) is 1. The fourth-order valence-corrected chi connectivity index (χ4v) is 4.86. The Morgan fingerprint density at radius 1 is 1.14 bits per heavy atom. The molecule has 5 rings (SSSR count). The molecule has 2 aliphatic rings. The van der Waals surface area contributed by atoms with Crippen molar-refractivity contribution >= 4 is 44.3 Å². The van der Waals surface area contributed by atoms with E-state index in [-0.39, 0.29) is 59.5 Å². The highest BCUT2D eigenvalue weighted by Crippen LogP contribution is 2.40. The fraction of sp³-hybridized carbons (Fsp3) is 0.429. The average molecular weight is 513 g/mol. The number of carbonyl (C=O) groups is 1. The number of pyridine rings is 1. The molecule has 1 saturated heterocycles. The van der Waals surface area contributed by atoms with Crippen LogP contribution in [0.15, 0.2) is 26.9 Å². The van der Waals surface area contributed by atoms with Crippen LogP contribution in [0.25, 0.3) is 21.9 Å². The molecule has 1 amide bonds. The summed E-state index contributed by atoms with van der Waals surface area (Å²) < 4.78 is 67.0. The minimum atomic E-state index is -4.98. The Bertz CT molecular complexity index is 1520. The molecule has 14 heteroatoms. The molecule has 186 valence electrons. The maximum absolute atomic E-state index is 15.2. The van der Waals surface area contributed by atoms with E-state index in [0.29, 0.717) is 10.4 Å². The number of H-pyrrole nitrogens is 1. The third-order valence-corrected chi connectivity index (χ3v) is 6.98. The van der Waals surface area contributed by atoms with Crippen LogP contribution in [-0.2, 0) is 15.6 Å². The molecule has 3 aromatic rings. The Labute approximate surface area is 196 Å². The van der Waals surface area contributed by atoms with Crippen molar-refractivity contribution in [2.24, 2.45) is 0 Å². The molecule has 2 fully saturated rings. The fourth-order valence-electron chi connectivity index (χ4n) is 4.41. The van der Waals surface area contributed by atoms with E-state index in [2.05, 4.69) is 9.97 Å². The van der Waals surface area contributed by atoms with Gasteiger partial charge in [-0.1, -0.05) is 0 Å². The zero-order valence-electron chi connectivity index (χ0n) is 18.3. The Hall–Kier alpha value is -3.29. The monoisotopic (exact) mass is 513 g/mol. The number of anilines is 1. The van der Waals surface area contributed by atoms with Crippen LogP contribution in [-0.4, -0.2) is 68.2 Å². The topological polar surface area (TPSA) is 108 Å². The highest BCUT2D eigenvalue weighted by atomic mass is 32.2. The molecular weight excluding hydrogens is 494 g/mol. The SMILES string of the molecule is CS(=O)c1nc2c(c(=O)[nH]1)c(=O)c1cc(F)c(N3CCN(C(=O)C(F)(F)F)CC3)cc1n2C1CC1. The smallest absolute Gasteiger partial charge is 0.366 e. The van der Waals surface area contributed by atoms with Crippen molar-refractivity contribution in [2.75, 3.05) is 37.3 Å².